The molecular formula is C21H16N2O2S. The monoisotopic (exact) mass is 360 g/mol. The number of hydrogen-bond acceptors (Lipinski definition) is 4. The lowest BCUT2D eigenvalue weighted by molar-refractivity contribution is -0.141. The minimum absolute atomic E-state index is 0.00913. The van der Waals surface area contributed by atoms with Crippen LogP contribution in [0.5, 0.6) is 0 Å². The van der Waals surface area contributed by atoms with Gasteiger partial charge in [0.1, 0.15) is 10.9 Å². The number of likely N-dealkylation sites (tertiary alicyclic amines) is 1. The highest BCUT2D eigenvalue weighted by atomic mass is 32.1. The highest BCUT2D eigenvalue weighted by Gasteiger charge is 2.59. The zero-order valence-corrected chi connectivity index (χ0v) is 14.8. The molecule has 1 saturated heterocycles. The van der Waals surface area contributed by atoms with E-state index in [1.165, 1.54) is 16.2 Å². The van der Waals surface area contributed by atoms with Crippen molar-refractivity contribution in [1.82, 2.24) is 4.90 Å². The van der Waals surface area contributed by atoms with Crippen LogP contribution in [0.25, 0.3) is 10.4 Å². The molecule has 26 heavy (non-hydrogen) atoms. The van der Waals surface area contributed by atoms with Gasteiger partial charge in [-0.25, -0.2) is 0 Å². The van der Waals surface area contributed by atoms with Crippen LogP contribution in [0.4, 0.5) is 0 Å². The number of thiophene rings is 1. The summed E-state index contributed by atoms with van der Waals surface area (Å²) in [5.74, 6) is 0.184. The topological polar surface area (TPSA) is 61.2 Å². The van der Waals surface area contributed by atoms with E-state index in [1.807, 2.05) is 36.4 Å². The zero-order valence-electron chi connectivity index (χ0n) is 14.0. The number of rotatable bonds is 3. The molecule has 0 unspecified atom stereocenters. The van der Waals surface area contributed by atoms with Gasteiger partial charge in [-0.1, -0.05) is 30.4 Å². The second kappa shape index (κ2) is 5.65. The maximum Gasteiger partial charge on any atom is 0.234 e. The van der Waals surface area contributed by atoms with Crippen LogP contribution < -0.4 is 0 Å². The molecule has 1 aliphatic heterocycles. The van der Waals surface area contributed by atoms with Gasteiger partial charge in [-0.05, 0) is 47.6 Å². The molecule has 5 heteroatoms. The van der Waals surface area contributed by atoms with E-state index in [1.54, 1.807) is 0 Å². The molecule has 5 rings (SSSR count). The fourth-order valence-corrected chi connectivity index (χ4v) is 5.48. The Morgan fingerprint density at radius 2 is 1.81 bits per heavy atom. The predicted octanol–water partition coefficient (Wildman–Crippen LogP) is 3.59. The summed E-state index contributed by atoms with van der Waals surface area (Å²) >= 11 is 1.44. The predicted molar refractivity (Wildman–Crippen MR) is 97.7 cm³/mol. The summed E-state index contributed by atoms with van der Waals surface area (Å²) in [7, 11) is 0. The van der Waals surface area contributed by atoms with E-state index >= 15 is 0 Å². The summed E-state index contributed by atoms with van der Waals surface area (Å²) in [6.07, 6.45) is 5.19. The van der Waals surface area contributed by atoms with Crippen LogP contribution in [0, 0.1) is 35.0 Å². The largest absolute Gasteiger partial charge is 0.278 e. The van der Waals surface area contributed by atoms with Crippen molar-refractivity contribution in [1.29, 1.82) is 5.26 Å². The van der Waals surface area contributed by atoms with Crippen LogP contribution in [-0.2, 0) is 16.1 Å². The van der Waals surface area contributed by atoms with Gasteiger partial charge in [0.15, 0.2) is 0 Å². The van der Waals surface area contributed by atoms with Gasteiger partial charge in [0, 0.05) is 4.88 Å². The maximum absolute atomic E-state index is 12.8. The molecule has 0 spiro atoms. The standard InChI is InChI=1S/C21H16N2O2S/c22-10-16-6-7-17(26-16)13-3-1-2-12(8-13)11-23-20(24)18-14-4-5-15(9-14)19(18)21(23)25/h1-8,14-15,18-19H,9,11H2/t14-,15-,18-,19-/m0/s1. The van der Waals surface area contributed by atoms with E-state index in [9.17, 15) is 9.59 Å². The highest BCUT2D eigenvalue weighted by Crippen LogP contribution is 2.52. The first-order chi connectivity index (χ1) is 12.7. The molecule has 4 atom stereocenters. The van der Waals surface area contributed by atoms with E-state index in [4.69, 9.17) is 5.26 Å². The van der Waals surface area contributed by atoms with Gasteiger partial charge in [-0.2, -0.15) is 5.26 Å². The van der Waals surface area contributed by atoms with Crippen LogP contribution in [0.15, 0.2) is 48.6 Å². The lowest BCUT2D eigenvalue weighted by atomic mass is 9.85. The normalized spacial score (nSPS) is 28.7. The third kappa shape index (κ3) is 2.19. The molecule has 1 aromatic carbocycles. The van der Waals surface area contributed by atoms with Crippen molar-refractivity contribution >= 4 is 23.2 Å². The highest BCUT2D eigenvalue weighted by molar-refractivity contribution is 7.16. The van der Waals surface area contributed by atoms with E-state index in [2.05, 4.69) is 18.2 Å². The van der Waals surface area contributed by atoms with Gasteiger partial charge < -0.3 is 0 Å². The summed E-state index contributed by atoms with van der Waals surface area (Å²) in [4.78, 5) is 28.8. The Hall–Kier alpha value is -2.71. The molecule has 0 N–H and O–H groups in total. The number of nitriles is 1. The summed E-state index contributed by atoms with van der Waals surface area (Å²) < 4.78 is 0. The van der Waals surface area contributed by atoms with Gasteiger partial charge >= 0.3 is 0 Å². The molecule has 2 heterocycles. The number of allylic oxidation sites excluding steroid dienone is 2. The Morgan fingerprint density at radius 3 is 2.46 bits per heavy atom. The number of benzene rings is 1. The fourth-order valence-electron chi connectivity index (χ4n) is 4.68. The third-order valence-electron chi connectivity index (χ3n) is 5.83. The summed E-state index contributed by atoms with van der Waals surface area (Å²) in [6, 6.07) is 13.8. The number of hydrogen-bond donors (Lipinski definition) is 0. The third-order valence-corrected chi connectivity index (χ3v) is 6.87. The summed E-state index contributed by atoms with van der Waals surface area (Å²) in [6.45, 7) is 0.328. The molecule has 2 amide bonds. The Morgan fingerprint density at radius 1 is 1.08 bits per heavy atom. The zero-order chi connectivity index (χ0) is 17.8. The Kier molecular flexibility index (Phi) is 3.38. The number of imide groups is 1. The second-order valence-electron chi connectivity index (χ2n) is 7.24. The van der Waals surface area contributed by atoms with Crippen LogP contribution in [0.3, 0.4) is 0 Å². The van der Waals surface area contributed by atoms with Crippen molar-refractivity contribution in [3.8, 4) is 16.5 Å². The van der Waals surface area contributed by atoms with E-state index < -0.39 is 0 Å². The molecule has 2 aromatic rings. The Bertz CT molecular complexity index is 969. The van der Waals surface area contributed by atoms with Crippen molar-refractivity contribution in [2.45, 2.75) is 13.0 Å². The Labute approximate surface area is 155 Å². The summed E-state index contributed by atoms with van der Waals surface area (Å²) in [5, 5.41) is 9.00. The molecule has 1 aromatic heterocycles. The van der Waals surface area contributed by atoms with Gasteiger partial charge in [-0.15, -0.1) is 11.3 Å². The molecule has 2 bridgehead atoms. The number of nitrogens with zero attached hydrogens (tertiary/aromatic N) is 2. The van der Waals surface area contributed by atoms with Crippen molar-refractivity contribution in [3.05, 3.63) is 59.0 Å². The van der Waals surface area contributed by atoms with Crippen molar-refractivity contribution in [3.63, 3.8) is 0 Å². The first-order valence-electron chi connectivity index (χ1n) is 8.78. The minimum atomic E-state index is -0.142. The van der Waals surface area contributed by atoms with Crippen molar-refractivity contribution in [2.75, 3.05) is 0 Å². The number of fused-ring (bicyclic) bond motifs is 5. The van der Waals surface area contributed by atoms with E-state index in [0.717, 1.165) is 22.4 Å². The lowest BCUT2D eigenvalue weighted by Crippen LogP contribution is -2.32. The van der Waals surface area contributed by atoms with Gasteiger partial charge in [0.2, 0.25) is 11.8 Å². The number of amides is 2. The average molecular weight is 360 g/mol. The average Bonchev–Trinajstić information content (AvgIpc) is 3.42. The number of carbonyl (C=O) groups is 2. The fraction of sp³-hybridized carbons (Fsp3) is 0.286. The molecule has 4 nitrogen and oxygen atoms in total. The summed E-state index contributed by atoms with van der Waals surface area (Å²) in [5.41, 5.74) is 1.95. The molecule has 0 radical (unpaired) electrons. The van der Waals surface area contributed by atoms with Crippen LogP contribution in [0.2, 0.25) is 0 Å². The first-order valence-corrected chi connectivity index (χ1v) is 9.60. The molecule has 2 aliphatic carbocycles. The van der Waals surface area contributed by atoms with E-state index in [0.29, 0.717) is 11.4 Å². The van der Waals surface area contributed by atoms with Crippen molar-refractivity contribution in [2.24, 2.45) is 23.7 Å². The maximum atomic E-state index is 12.8. The molecule has 128 valence electrons. The minimum Gasteiger partial charge on any atom is -0.278 e. The SMILES string of the molecule is N#Cc1ccc(-c2cccc(CN3C(=O)[C@@H]4[C@@H](C3=O)[C@H]3C=C[C@H]4C3)c2)s1. The van der Waals surface area contributed by atoms with E-state index in [-0.39, 0.29) is 35.5 Å². The number of carbonyl (C=O) groups excluding carboxylic acids is 2. The van der Waals surface area contributed by atoms with Gasteiger partial charge in [0.25, 0.3) is 0 Å². The molecule has 2 fully saturated rings. The first kappa shape index (κ1) is 15.5. The van der Waals surface area contributed by atoms with Crippen LogP contribution >= 0.6 is 11.3 Å². The van der Waals surface area contributed by atoms with Crippen molar-refractivity contribution < 1.29 is 9.59 Å². The molecule has 1 saturated carbocycles. The molecular weight excluding hydrogens is 344 g/mol. The second-order valence-corrected chi connectivity index (χ2v) is 8.32. The quantitative estimate of drug-likeness (QED) is 0.621. The van der Waals surface area contributed by atoms with Crippen LogP contribution in [-0.4, -0.2) is 16.7 Å². The Balaban J connectivity index is 1.41. The lowest BCUT2D eigenvalue weighted by Gasteiger charge is -2.17. The van der Waals surface area contributed by atoms with Gasteiger partial charge in [-0.3, -0.25) is 14.5 Å². The van der Waals surface area contributed by atoms with Crippen LogP contribution in [0.1, 0.15) is 16.9 Å². The smallest absolute Gasteiger partial charge is 0.234 e. The molecule has 3 aliphatic rings. The van der Waals surface area contributed by atoms with Gasteiger partial charge in [0.05, 0.1) is 18.4 Å².